The predicted octanol–water partition coefficient (Wildman–Crippen LogP) is 3.39. The second-order valence-electron chi connectivity index (χ2n) is 7.06. The number of carbonyl (C=O) groups is 1. The van der Waals surface area contributed by atoms with Gasteiger partial charge in [-0.15, -0.1) is 11.3 Å². The van der Waals surface area contributed by atoms with Gasteiger partial charge in [0.1, 0.15) is 11.4 Å². The van der Waals surface area contributed by atoms with Crippen molar-refractivity contribution in [3.05, 3.63) is 62.0 Å². The number of amides is 1. The molecule has 6 nitrogen and oxygen atoms in total. The van der Waals surface area contributed by atoms with E-state index in [9.17, 15) is 9.59 Å². The van der Waals surface area contributed by atoms with Crippen molar-refractivity contribution in [2.45, 2.75) is 32.7 Å². The summed E-state index contributed by atoms with van der Waals surface area (Å²) in [5.74, 6) is 0.241. The molecular formula is C20H19ClN4O2S. The van der Waals surface area contributed by atoms with Crippen LogP contribution in [-0.2, 0) is 24.2 Å². The minimum atomic E-state index is -0.390. The molecule has 1 amide bonds. The summed E-state index contributed by atoms with van der Waals surface area (Å²) < 4.78 is 1.34. The van der Waals surface area contributed by atoms with E-state index in [1.165, 1.54) is 22.0 Å². The molecule has 28 heavy (non-hydrogen) atoms. The van der Waals surface area contributed by atoms with Crippen LogP contribution in [0.15, 0.2) is 40.5 Å². The zero-order chi connectivity index (χ0) is 19.7. The van der Waals surface area contributed by atoms with Crippen molar-refractivity contribution >= 4 is 45.3 Å². The lowest BCUT2D eigenvalue weighted by Crippen LogP contribution is -2.30. The molecule has 144 valence electrons. The Morgan fingerprint density at radius 2 is 2.36 bits per heavy atom. The normalized spacial score (nSPS) is 16.4. The molecule has 1 N–H and O–H groups in total. The first-order valence-electron chi connectivity index (χ1n) is 9.08. The number of hydrazone groups is 1. The van der Waals surface area contributed by atoms with Gasteiger partial charge in [-0.05, 0) is 48.4 Å². The van der Waals surface area contributed by atoms with Crippen molar-refractivity contribution in [2.75, 3.05) is 0 Å². The van der Waals surface area contributed by atoms with E-state index in [1.807, 2.05) is 6.07 Å². The summed E-state index contributed by atoms with van der Waals surface area (Å²) >= 11 is 7.51. The summed E-state index contributed by atoms with van der Waals surface area (Å²) in [7, 11) is 0. The molecule has 1 unspecified atom stereocenters. The third-order valence-electron chi connectivity index (χ3n) is 4.85. The number of hydrogen-bond acceptors (Lipinski definition) is 5. The smallest absolute Gasteiger partial charge is 0.262 e. The number of rotatable bonds is 4. The summed E-state index contributed by atoms with van der Waals surface area (Å²) in [6, 6.07) is 7.12. The number of carbonyl (C=O) groups excluding carboxylic acids is 1. The van der Waals surface area contributed by atoms with E-state index in [2.05, 4.69) is 22.4 Å². The number of thiophene rings is 1. The van der Waals surface area contributed by atoms with Crippen LogP contribution in [-0.4, -0.2) is 21.7 Å². The van der Waals surface area contributed by atoms with Gasteiger partial charge < -0.3 is 0 Å². The molecule has 0 aliphatic heterocycles. The minimum absolute atomic E-state index is 0.129. The van der Waals surface area contributed by atoms with Crippen LogP contribution in [0, 0.1) is 5.92 Å². The molecule has 0 radical (unpaired) electrons. The van der Waals surface area contributed by atoms with Crippen LogP contribution in [0.5, 0.6) is 0 Å². The summed E-state index contributed by atoms with van der Waals surface area (Å²) in [4.78, 5) is 31.5. The van der Waals surface area contributed by atoms with E-state index in [4.69, 9.17) is 11.6 Å². The number of aromatic nitrogens is 2. The maximum absolute atomic E-state index is 12.9. The maximum Gasteiger partial charge on any atom is 0.262 e. The molecule has 1 aliphatic carbocycles. The maximum atomic E-state index is 12.9. The molecule has 0 spiro atoms. The number of nitrogens with one attached hydrogen (secondary N) is 1. The fourth-order valence-corrected chi connectivity index (χ4v) is 4.97. The number of hydrogen-bond donors (Lipinski definition) is 1. The highest BCUT2D eigenvalue weighted by Crippen LogP contribution is 2.35. The molecule has 0 bridgehead atoms. The molecule has 2 heterocycles. The Balaban J connectivity index is 1.51. The fourth-order valence-electron chi connectivity index (χ4n) is 3.43. The van der Waals surface area contributed by atoms with E-state index < -0.39 is 0 Å². The zero-order valence-electron chi connectivity index (χ0n) is 15.3. The SMILES string of the molecule is CC1CCc2c(sc3ncn(CC(=O)NN=Cc4cccc(Cl)c4)c(=O)c23)C1. The van der Waals surface area contributed by atoms with Gasteiger partial charge in [-0.2, -0.15) is 5.10 Å². The van der Waals surface area contributed by atoms with Crippen molar-refractivity contribution in [1.29, 1.82) is 0 Å². The molecule has 1 aromatic carbocycles. The van der Waals surface area contributed by atoms with E-state index in [1.54, 1.807) is 29.5 Å². The molecule has 0 fully saturated rings. The quantitative estimate of drug-likeness (QED) is 0.525. The van der Waals surface area contributed by atoms with Crippen molar-refractivity contribution in [2.24, 2.45) is 11.0 Å². The molecule has 2 aromatic heterocycles. The monoisotopic (exact) mass is 414 g/mol. The number of halogens is 1. The topological polar surface area (TPSA) is 76.3 Å². The third-order valence-corrected chi connectivity index (χ3v) is 6.25. The third kappa shape index (κ3) is 3.86. The molecule has 0 saturated heterocycles. The van der Waals surface area contributed by atoms with Crippen LogP contribution in [0.25, 0.3) is 10.2 Å². The van der Waals surface area contributed by atoms with Gasteiger partial charge >= 0.3 is 0 Å². The van der Waals surface area contributed by atoms with Gasteiger partial charge in [0.05, 0.1) is 17.9 Å². The van der Waals surface area contributed by atoms with Gasteiger partial charge in [0.2, 0.25) is 0 Å². The van der Waals surface area contributed by atoms with Gasteiger partial charge in [-0.25, -0.2) is 10.4 Å². The standard InChI is InChI=1S/C20H19ClN4O2S/c1-12-5-6-15-16(7-12)28-19-18(15)20(27)25(11-22-19)10-17(26)24-23-9-13-3-2-4-14(21)8-13/h2-4,8-9,11-12H,5-7,10H2,1H3,(H,24,26). The first-order valence-corrected chi connectivity index (χ1v) is 10.3. The lowest BCUT2D eigenvalue weighted by Gasteiger charge is -2.17. The van der Waals surface area contributed by atoms with Crippen LogP contribution in [0.1, 0.15) is 29.3 Å². The summed E-state index contributed by atoms with van der Waals surface area (Å²) in [6.45, 7) is 2.10. The summed E-state index contributed by atoms with van der Waals surface area (Å²) in [5.41, 5.74) is 4.16. The molecule has 0 saturated carbocycles. The lowest BCUT2D eigenvalue weighted by atomic mass is 9.89. The average Bonchev–Trinajstić information content (AvgIpc) is 3.02. The van der Waals surface area contributed by atoms with Crippen LogP contribution in [0.3, 0.4) is 0 Å². The van der Waals surface area contributed by atoms with Gasteiger partial charge in [0.25, 0.3) is 11.5 Å². The highest BCUT2D eigenvalue weighted by molar-refractivity contribution is 7.18. The molecule has 3 aromatic rings. The molecule has 1 aliphatic rings. The zero-order valence-corrected chi connectivity index (χ0v) is 16.9. The van der Waals surface area contributed by atoms with Crippen molar-refractivity contribution in [1.82, 2.24) is 15.0 Å². The molecule has 1 atom stereocenters. The van der Waals surface area contributed by atoms with Gasteiger partial charge in [0, 0.05) is 9.90 Å². The Labute approximate surface area is 170 Å². The number of aryl methyl sites for hydroxylation is 1. The van der Waals surface area contributed by atoms with E-state index in [-0.39, 0.29) is 18.0 Å². The Morgan fingerprint density at radius 3 is 3.18 bits per heavy atom. The summed E-state index contributed by atoms with van der Waals surface area (Å²) in [5, 5.41) is 5.19. The molecule has 8 heteroatoms. The molecule has 4 rings (SSSR count). The number of fused-ring (bicyclic) bond motifs is 3. The Hall–Kier alpha value is -2.51. The Kier molecular flexibility index (Phi) is 5.28. The highest BCUT2D eigenvalue weighted by atomic mass is 35.5. The van der Waals surface area contributed by atoms with Gasteiger partial charge in [0.15, 0.2) is 0 Å². The number of nitrogens with zero attached hydrogens (tertiary/aromatic N) is 3. The Morgan fingerprint density at radius 1 is 1.50 bits per heavy atom. The van der Waals surface area contributed by atoms with E-state index in [0.717, 1.165) is 35.2 Å². The van der Waals surface area contributed by atoms with Crippen molar-refractivity contribution in [3.63, 3.8) is 0 Å². The predicted molar refractivity (Wildman–Crippen MR) is 112 cm³/mol. The summed E-state index contributed by atoms with van der Waals surface area (Å²) in [6.07, 6.45) is 5.91. The van der Waals surface area contributed by atoms with E-state index in [0.29, 0.717) is 16.3 Å². The minimum Gasteiger partial charge on any atom is -0.289 e. The largest absolute Gasteiger partial charge is 0.289 e. The first kappa shape index (κ1) is 18.8. The van der Waals surface area contributed by atoms with Crippen LogP contribution in [0.2, 0.25) is 5.02 Å². The number of benzene rings is 1. The van der Waals surface area contributed by atoms with E-state index >= 15 is 0 Å². The van der Waals surface area contributed by atoms with Crippen LogP contribution in [0.4, 0.5) is 0 Å². The van der Waals surface area contributed by atoms with Gasteiger partial charge in [-0.3, -0.25) is 14.2 Å². The second-order valence-corrected chi connectivity index (χ2v) is 8.58. The van der Waals surface area contributed by atoms with Crippen molar-refractivity contribution < 1.29 is 4.79 Å². The van der Waals surface area contributed by atoms with Crippen molar-refractivity contribution in [3.8, 4) is 0 Å². The Bertz CT molecular complexity index is 1130. The second kappa shape index (κ2) is 7.85. The van der Waals surface area contributed by atoms with Crippen LogP contribution >= 0.6 is 22.9 Å². The lowest BCUT2D eigenvalue weighted by molar-refractivity contribution is -0.121. The fraction of sp³-hybridized carbons (Fsp3) is 0.300. The highest BCUT2D eigenvalue weighted by Gasteiger charge is 2.23. The first-order chi connectivity index (χ1) is 13.5. The van der Waals surface area contributed by atoms with Crippen LogP contribution < -0.4 is 11.0 Å². The van der Waals surface area contributed by atoms with Gasteiger partial charge in [-0.1, -0.05) is 30.7 Å². The molecular weight excluding hydrogens is 396 g/mol. The average molecular weight is 415 g/mol.